The largest absolute Gasteiger partial charge is 0.335 e. The third-order valence-electron chi connectivity index (χ3n) is 5.44. The molecular weight excluding hydrogens is 368 g/mol. The highest BCUT2D eigenvalue weighted by atomic mass is 16.2. The van der Waals surface area contributed by atoms with Crippen molar-refractivity contribution in [2.75, 3.05) is 26.2 Å². The predicted molar refractivity (Wildman–Crippen MR) is 111 cm³/mol. The number of nitrogens with zero attached hydrogens (tertiary/aromatic N) is 2. The molecule has 29 heavy (non-hydrogen) atoms. The van der Waals surface area contributed by atoms with Gasteiger partial charge in [-0.15, -0.1) is 0 Å². The van der Waals surface area contributed by atoms with E-state index in [2.05, 4.69) is 23.8 Å². The minimum atomic E-state index is -0.293. The molecule has 0 bridgehead atoms. The highest BCUT2D eigenvalue weighted by molar-refractivity contribution is 5.98. The smallest absolute Gasteiger partial charge is 0.323 e. The summed E-state index contributed by atoms with van der Waals surface area (Å²) in [5.74, 6) is 0.332. The number of nitrogens with one attached hydrogen (secondary N) is 2. The molecule has 0 atom stereocenters. The molecule has 150 valence electrons. The van der Waals surface area contributed by atoms with Gasteiger partial charge in [-0.1, -0.05) is 26.0 Å². The summed E-state index contributed by atoms with van der Waals surface area (Å²) >= 11 is 0. The zero-order valence-corrected chi connectivity index (χ0v) is 16.6. The SMILES string of the molecule is CC(C)c1ccc(C(=O)N2CCN(C(=O)c3ccc4[nH]c(=O)[nH]c4c3)CC2)cc1. The molecule has 0 spiro atoms. The zero-order valence-electron chi connectivity index (χ0n) is 16.6. The van der Waals surface area contributed by atoms with Gasteiger partial charge in [-0.2, -0.15) is 0 Å². The van der Waals surface area contributed by atoms with E-state index in [1.54, 1.807) is 28.0 Å². The Balaban J connectivity index is 1.40. The van der Waals surface area contributed by atoms with Gasteiger partial charge in [0.15, 0.2) is 0 Å². The summed E-state index contributed by atoms with van der Waals surface area (Å²) in [6.07, 6.45) is 0. The molecule has 1 saturated heterocycles. The average molecular weight is 392 g/mol. The fourth-order valence-corrected chi connectivity index (χ4v) is 3.65. The van der Waals surface area contributed by atoms with Crippen LogP contribution in [0.1, 0.15) is 46.0 Å². The molecule has 3 aromatic rings. The minimum Gasteiger partial charge on any atom is -0.335 e. The van der Waals surface area contributed by atoms with Crippen LogP contribution in [0.5, 0.6) is 0 Å². The second kappa shape index (κ2) is 7.58. The number of hydrogen-bond acceptors (Lipinski definition) is 3. The number of aromatic amines is 2. The Bertz CT molecular complexity index is 1100. The molecule has 0 aliphatic carbocycles. The second-order valence-electron chi connectivity index (χ2n) is 7.70. The first-order valence-corrected chi connectivity index (χ1v) is 9.83. The van der Waals surface area contributed by atoms with Crippen molar-refractivity contribution in [2.45, 2.75) is 19.8 Å². The normalized spacial score (nSPS) is 14.6. The summed E-state index contributed by atoms with van der Waals surface area (Å²) in [5.41, 5.74) is 3.40. The van der Waals surface area contributed by atoms with Crippen LogP contribution < -0.4 is 5.69 Å². The molecule has 2 amide bonds. The molecule has 0 saturated carbocycles. The Hall–Kier alpha value is -3.35. The van der Waals surface area contributed by atoms with Crippen molar-refractivity contribution in [3.8, 4) is 0 Å². The second-order valence-corrected chi connectivity index (χ2v) is 7.70. The number of rotatable bonds is 3. The van der Waals surface area contributed by atoms with Crippen LogP contribution in [0.25, 0.3) is 11.0 Å². The molecule has 7 heteroatoms. The molecule has 0 unspecified atom stereocenters. The molecule has 2 heterocycles. The van der Waals surface area contributed by atoms with Crippen LogP contribution in [-0.2, 0) is 0 Å². The van der Waals surface area contributed by atoms with E-state index in [1.165, 1.54) is 5.56 Å². The molecule has 4 rings (SSSR count). The van der Waals surface area contributed by atoms with E-state index in [9.17, 15) is 14.4 Å². The van der Waals surface area contributed by atoms with E-state index in [0.29, 0.717) is 54.3 Å². The van der Waals surface area contributed by atoms with Gasteiger partial charge in [-0.05, 0) is 41.8 Å². The van der Waals surface area contributed by atoms with E-state index in [0.717, 1.165) is 0 Å². The Labute approximate surface area is 168 Å². The Kier molecular flexibility index (Phi) is 4.96. The van der Waals surface area contributed by atoms with Crippen LogP contribution in [0, 0.1) is 0 Å². The topological polar surface area (TPSA) is 89.3 Å². The maximum absolute atomic E-state index is 12.8. The number of carbonyl (C=O) groups excluding carboxylic acids is 2. The van der Waals surface area contributed by atoms with Gasteiger partial charge in [-0.3, -0.25) is 9.59 Å². The summed E-state index contributed by atoms with van der Waals surface area (Å²) in [4.78, 5) is 45.9. The summed E-state index contributed by atoms with van der Waals surface area (Å²) in [6, 6.07) is 12.9. The molecule has 2 aromatic carbocycles. The van der Waals surface area contributed by atoms with Crippen LogP contribution >= 0.6 is 0 Å². The monoisotopic (exact) mass is 392 g/mol. The highest BCUT2D eigenvalue weighted by Crippen LogP contribution is 2.17. The van der Waals surface area contributed by atoms with E-state index in [4.69, 9.17) is 0 Å². The third-order valence-corrected chi connectivity index (χ3v) is 5.44. The summed E-state index contributed by atoms with van der Waals surface area (Å²) < 4.78 is 0. The van der Waals surface area contributed by atoms with E-state index >= 15 is 0 Å². The molecule has 1 aliphatic heterocycles. The van der Waals surface area contributed by atoms with Crippen molar-refractivity contribution in [2.24, 2.45) is 0 Å². The van der Waals surface area contributed by atoms with Crippen molar-refractivity contribution in [1.82, 2.24) is 19.8 Å². The molecular formula is C22H24N4O3. The lowest BCUT2D eigenvalue weighted by Crippen LogP contribution is -2.50. The Morgan fingerprint density at radius 2 is 1.31 bits per heavy atom. The minimum absolute atomic E-state index is 0.00118. The van der Waals surface area contributed by atoms with Gasteiger partial charge in [0.1, 0.15) is 0 Å². The van der Waals surface area contributed by atoms with Crippen LogP contribution in [-0.4, -0.2) is 57.8 Å². The maximum Gasteiger partial charge on any atom is 0.323 e. The molecule has 1 aromatic heterocycles. The standard InChI is InChI=1S/C22H24N4O3/c1-14(2)15-3-5-16(6-4-15)20(27)25-9-11-26(12-10-25)21(28)17-7-8-18-19(13-17)24-22(29)23-18/h3-8,13-14H,9-12H2,1-2H3,(H2,23,24,29). The number of H-pyrrole nitrogens is 2. The van der Waals surface area contributed by atoms with Gasteiger partial charge in [0.2, 0.25) is 0 Å². The van der Waals surface area contributed by atoms with Crippen molar-refractivity contribution in [3.63, 3.8) is 0 Å². The first kappa shape index (κ1) is 19.0. The number of carbonyl (C=O) groups is 2. The molecule has 1 aliphatic rings. The van der Waals surface area contributed by atoms with E-state index < -0.39 is 0 Å². The zero-order chi connectivity index (χ0) is 20.5. The van der Waals surface area contributed by atoms with Crippen molar-refractivity contribution in [1.29, 1.82) is 0 Å². The molecule has 7 nitrogen and oxygen atoms in total. The highest BCUT2D eigenvalue weighted by Gasteiger charge is 2.25. The van der Waals surface area contributed by atoms with Crippen LogP contribution in [0.4, 0.5) is 0 Å². The van der Waals surface area contributed by atoms with Crippen LogP contribution in [0.3, 0.4) is 0 Å². The van der Waals surface area contributed by atoms with E-state index in [1.807, 2.05) is 24.3 Å². The lowest BCUT2D eigenvalue weighted by molar-refractivity contribution is 0.0535. The number of piperazine rings is 1. The van der Waals surface area contributed by atoms with Crippen LogP contribution in [0.15, 0.2) is 47.3 Å². The first-order valence-electron chi connectivity index (χ1n) is 9.83. The van der Waals surface area contributed by atoms with Crippen LogP contribution in [0.2, 0.25) is 0 Å². The van der Waals surface area contributed by atoms with Crippen molar-refractivity contribution >= 4 is 22.8 Å². The number of benzene rings is 2. The maximum atomic E-state index is 12.8. The molecule has 0 radical (unpaired) electrons. The summed E-state index contributed by atoms with van der Waals surface area (Å²) in [5, 5.41) is 0. The summed E-state index contributed by atoms with van der Waals surface area (Å²) in [7, 11) is 0. The average Bonchev–Trinajstić information content (AvgIpc) is 3.12. The van der Waals surface area contributed by atoms with Gasteiger partial charge in [0, 0.05) is 37.3 Å². The van der Waals surface area contributed by atoms with Gasteiger partial charge >= 0.3 is 5.69 Å². The number of hydrogen-bond donors (Lipinski definition) is 2. The molecule has 1 fully saturated rings. The number of fused-ring (bicyclic) bond motifs is 1. The molecule has 2 N–H and O–H groups in total. The predicted octanol–water partition coefficient (Wildman–Crippen LogP) is 2.58. The Morgan fingerprint density at radius 3 is 1.90 bits per heavy atom. The van der Waals surface area contributed by atoms with Gasteiger partial charge < -0.3 is 19.8 Å². The fraction of sp³-hybridized carbons (Fsp3) is 0.318. The van der Waals surface area contributed by atoms with Crippen molar-refractivity contribution < 1.29 is 9.59 Å². The van der Waals surface area contributed by atoms with Gasteiger partial charge in [-0.25, -0.2) is 4.79 Å². The van der Waals surface area contributed by atoms with Gasteiger partial charge in [0.05, 0.1) is 11.0 Å². The first-order chi connectivity index (χ1) is 13.9. The van der Waals surface area contributed by atoms with E-state index in [-0.39, 0.29) is 17.5 Å². The van der Waals surface area contributed by atoms with Crippen molar-refractivity contribution in [3.05, 3.63) is 69.6 Å². The Morgan fingerprint density at radius 1 is 0.793 bits per heavy atom. The van der Waals surface area contributed by atoms with Gasteiger partial charge in [0.25, 0.3) is 11.8 Å². The number of imidazole rings is 1. The third kappa shape index (κ3) is 3.81. The fourth-order valence-electron chi connectivity index (χ4n) is 3.65. The number of aromatic nitrogens is 2. The summed E-state index contributed by atoms with van der Waals surface area (Å²) in [6.45, 7) is 6.21. The lowest BCUT2D eigenvalue weighted by Gasteiger charge is -2.35. The lowest BCUT2D eigenvalue weighted by atomic mass is 10.0. The number of amides is 2. The quantitative estimate of drug-likeness (QED) is 0.718.